The summed E-state index contributed by atoms with van der Waals surface area (Å²) in [6.07, 6.45) is 3.74. The Morgan fingerprint density at radius 3 is 2.55 bits per heavy atom. The molecule has 0 radical (unpaired) electrons. The molecule has 0 saturated heterocycles. The molecule has 1 saturated carbocycles. The molecule has 9 nitrogen and oxygen atoms in total. The van der Waals surface area contributed by atoms with Gasteiger partial charge in [0.1, 0.15) is 28.1 Å². The molecular weight excluding hydrogens is 535 g/mol. The molecule has 0 aliphatic heterocycles. The molecule has 0 atom stereocenters. The number of carbonyl (C=O) groups excluding carboxylic acids is 1. The zero-order valence-electron chi connectivity index (χ0n) is 24.8. The van der Waals surface area contributed by atoms with Gasteiger partial charge in [0, 0.05) is 42.2 Å². The van der Waals surface area contributed by atoms with Crippen LogP contribution in [0.2, 0.25) is 0 Å². The normalized spacial score (nSPS) is 13.7. The number of aromatic amines is 1. The molecule has 1 aromatic carbocycles. The lowest BCUT2D eigenvalue weighted by atomic mass is 10.0. The second kappa shape index (κ2) is 10.1. The van der Waals surface area contributed by atoms with Gasteiger partial charge in [0.25, 0.3) is 11.5 Å². The number of nitrogens with one attached hydrogen (secondary N) is 2. The maximum atomic E-state index is 15.0. The van der Waals surface area contributed by atoms with Crippen molar-refractivity contribution in [3.05, 3.63) is 69.4 Å². The minimum absolute atomic E-state index is 0.0582. The van der Waals surface area contributed by atoms with Crippen LogP contribution in [0.3, 0.4) is 0 Å². The lowest BCUT2D eigenvalue weighted by Crippen LogP contribution is -2.23. The molecule has 1 fully saturated rings. The average Bonchev–Trinajstić information content (AvgIpc) is 3.57. The van der Waals surface area contributed by atoms with Crippen molar-refractivity contribution in [2.24, 2.45) is 7.05 Å². The summed E-state index contributed by atoms with van der Waals surface area (Å²) in [6.45, 7) is 9.36. The maximum absolute atomic E-state index is 15.0. The maximum Gasteiger partial charge on any atom is 0.274 e. The van der Waals surface area contributed by atoms with Crippen molar-refractivity contribution in [2.45, 2.75) is 65.6 Å². The Labute approximate surface area is 242 Å². The number of carbonyl (C=O) groups is 1. The third kappa shape index (κ3) is 4.95. The summed E-state index contributed by atoms with van der Waals surface area (Å²) in [6, 6.07) is 9.54. The second-order valence-electron chi connectivity index (χ2n) is 11.9. The van der Waals surface area contributed by atoms with E-state index in [9.17, 15) is 14.0 Å². The monoisotopic (exact) mass is 570 g/mol. The van der Waals surface area contributed by atoms with Crippen LogP contribution in [0.5, 0.6) is 11.6 Å². The van der Waals surface area contributed by atoms with Crippen LogP contribution in [0.15, 0.2) is 41.3 Å². The Morgan fingerprint density at radius 1 is 1.19 bits per heavy atom. The highest BCUT2D eigenvalue weighted by molar-refractivity contribution is 6.04. The number of hydrogen-bond donors (Lipinski definition) is 2. The number of fused-ring (bicyclic) bond motifs is 2. The van der Waals surface area contributed by atoms with Crippen molar-refractivity contribution in [3.8, 4) is 22.8 Å². The van der Waals surface area contributed by atoms with E-state index in [0.717, 1.165) is 29.7 Å². The van der Waals surface area contributed by atoms with Gasteiger partial charge in [0.05, 0.1) is 17.8 Å². The summed E-state index contributed by atoms with van der Waals surface area (Å²) in [5, 5.41) is 8.18. The second-order valence-corrected chi connectivity index (χ2v) is 11.9. The zero-order chi connectivity index (χ0) is 29.9. The van der Waals surface area contributed by atoms with Crippen LogP contribution in [0.4, 0.5) is 4.39 Å². The van der Waals surface area contributed by atoms with E-state index in [1.807, 2.05) is 45.0 Å². The predicted molar refractivity (Wildman–Crippen MR) is 161 cm³/mol. The van der Waals surface area contributed by atoms with E-state index in [2.05, 4.69) is 10.3 Å². The van der Waals surface area contributed by atoms with Crippen molar-refractivity contribution in [1.29, 1.82) is 0 Å². The first-order valence-electron chi connectivity index (χ1n) is 14.3. The van der Waals surface area contributed by atoms with Gasteiger partial charge in [0.2, 0.25) is 5.88 Å². The lowest BCUT2D eigenvalue weighted by Gasteiger charge is -2.17. The van der Waals surface area contributed by atoms with Crippen molar-refractivity contribution in [2.75, 3.05) is 6.54 Å². The molecule has 1 aliphatic rings. The van der Waals surface area contributed by atoms with E-state index < -0.39 is 5.67 Å². The molecule has 42 heavy (non-hydrogen) atoms. The van der Waals surface area contributed by atoms with Gasteiger partial charge in [0.15, 0.2) is 0 Å². The fourth-order valence-electron chi connectivity index (χ4n) is 5.46. The number of pyridine rings is 2. The summed E-state index contributed by atoms with van der Waals surface area (Å²) >= 11 is 0. The number of halogens is 1. The van der Waals surface area contributed by atoms with Crippen molar-refractivity contribution < 1.29 is 13.9 Å². The first kappa shape index (κ1) is 27.7. The van der Waals surface area contributed by atoms with Gasteiger partial charge in [-0.3, -0.25) is 14.3 Å². The highest BCUT2D eigenvalue weighted by Gasteiger charge is 2.32. The molecule has 0 spiro atoms. The van der Waals surface area contributed by atoms with E-state index in [1.54, 1.807) is 24.0 Å². The lowest BCUT2D eigenvalue weighted by molar-refractivity contribution is 0.0951. The third-order valence-electron chi connectivity index (χ3n) is 7.65. The van der Waals surface area contributed by atoms with Crippen LogP contribution in [0.25, 0.3) is 33.1 Å². The van der Waals surface area contributed by atoms with E-state index in [4.69, 9.17) is 14.8 Å². The largest absolute Gasteiger partial charge is 0.438 e. The van der Waals surface area contributed by atoms with Crippen LogP contribution in [0.1, 0.15) is 66.8 Å². The number of nitrogens with zero attached hydrogens (tertiary/aromatic N) is 4. The highest BCUT2D eigenvalue weighted by atomic mass is 19.1. The Hall–Kier alpha value is -4.47. The van der Waals surface area contributed by atoms with Gasteiger partial charge in [-0.15, -0.1) is 0 Å². The minimum Gasteiger partial charge on any atom is -0.438 e. The quantitative estimate of drug-likeness (QED) is 0.236. The van der Waals surface area contributed by atoms with Gasteiger partial charge >= 0.3 is 0 Å². The molecule has 4 aromatic heterocycles. The minimum atomic E-state index is -1.50. The summed E-state index contributed by atoms with van der Waals surface area (Å²) in [4.78, 5) is 34.0. The molecule has 1 aliphatic carbocycles. The molecular formula is C32H35FN6O3. The number of benzene rings is 1. The fourth-order valence-corrected chi connectivity index (χ4v) is 5.46. The Kier molecular flexibility index (Phi) is 6.67. The molecule has 10 heteroatoms. The molecule has 4 heterocycles. The molecule has 0 unspecified atom stereocenters. The van der Waals surface area contributed by atoms with Crippen LogP contribution in [0, 0.1) is 13.8 Å². The predicted octanol–water partition coefficient (Wildman–Crippen LogP) is 6.06. The number of rotatable bonds is 8. The van der Waals surface area contributed by atoms with Crippen LogP contribution < -0.4 is 15.6 Å². The highest BCUT2D eigenvalue weighted by Crippen LogP contribution is 2.45. The smallest absolute Gasteiger partial charge is 0.274 e. The van der Waals surface area contributed by atoms with E-state index in [1.165, 1.54) is 18.4 Å². The molecule has 2 N–H and O–H groups in total. The number of alkyl halides is 1. The molecule has 218 valence electrons. The van der Waals surface area contributed by atoms with Crippen LogP contribution in [-0.2, 0) is 13.6 Å². The van der Waals surface area contributed by atoms with Gasteiger partial charge in [-0.25, -0.2) is 9.37 Å². The van der Waals surface area contributed by atoms with Crippen molar-refractivity contribution >= 4 is 27.8 Å². The number of hydrogen-bond acceptors (Lipinski definition) is 5. The summed E-state index contributed by atoms with van der Waals surface area (Å²) < 4.78 is 24.7. The van der Waals surface area contributed by atoms with E-state index in [0.29, 0.717) is 51.2 Å². The van der Waals surface area contributed by atoms with E-state index in [-0.39, 0.29) is 29.6 Å². The van der Waals surface area contributed by atoms with Gasteiger partial charge in [-0.05, 0) is 70.7 Å². The van der Waals surface area contributed by atoms with Crippen molar-refractivity contribution in [3.63, 3.8) is 0 Å². The Bertz CT molecular complexity index is 1900. The van der Waals surface area contributed by atoms with Crippen molar-refractivity contribution in [1.82, 2.24) is 29.6 Å². The van der Waals surface area contributed by atoms with E-state index >= 15 is 0 Å². The number of aryl methyl sites for hydroxylation is 3. The number of H-pyrrole nitrogens is 1. The fraction of sp³-hybridized carbons (Fsp3) is 0.375. The Morgan fingerprint density at radius 2 is 1.90 bits per heavy atom. The molecule has 1 amide bonds. The van der Waals surface area contributed by atoms with Gasteiger partial charge in [-0.2, -0.15) is 5.10 Å². The topological polar surface area (TPSA) is 107 Å². The summed E-state index contributed by atoms with van der Waals surface area (Å²) in [5.74, 6) is 1.01. The number of amides is 1. The number of para-hydroxylation sites is 1. The number of aromatic nitrogens is 5. The molecule has 6 rings (SSSR count). The molecule has 0 bridgehead atoms. The first-order chi connectivity index (χ1) is 19.9. The van der Waals surface area contributed by atoms with Crippen LogP contribution in [-0.4, -0.2) is 42.4 Å². The molecule has 5 aromatic rings. The first-order valence-corrected chi connectivity index (χ1v) is 14.3. The van der Waals surface area contributed by atoms with Gasteiger partial charge < -0.3 is 19.6 Å². The standard InChI is InChI=1S/C32H35FN6O3/c1-7-34-29(40)23-13-20-22(15-38(6)31(41)26(20)35-23)21-14-24-27(25(19-11-12-19)37-39(24)16-32(4,5)33)36-30(21)42-28-17(2)9-8-10-18(28)3/h8-10,13-15,19,35H,7,11-12,16H2,1-6H3,(H,34,40). The van der Waals surface area contributed by atoms with Gasteiger partial charge in [-0.1, -0.05) is 18.2 Å². The number of ether oxygens (including phenoxy) is 1. The summed E-state index contributed by atoms with van der Waals surface area (Å²) in [5.41, 5.74) is 4.18. The summed E-state index contributed by atoms with van der Waals surface area (Å²) in [7, 11) is 1.66. The van der Waals surface area contributed by atoms with Crippen LogP contribution >= 0.6 is 0 Å². The third-order valence-corrected chi connectivity index (χ3v) is 7.65. The SMILES string of the molecule is CCNC(=O)c1cc2c(-c3cc4c(nc3Oc3c(C)cccc3C)c(C3CC3)nn4CC(C)(C)F)cn(C)c(=O)c2[nH]1. The average molecular weight is 571 g/mol. The zero-order valence-corrected chi connectivity index (χ0v) is 24.8. The Balaban J connectivity index is 1.66.